The normalized spacial score (nSPS) is 12.7. The first kappa shape index (κ1) is 17.5. The van der Waals surface area contributed by atoms with Crippen molar-refractivity contribution in [1.29, 1.82) is 5.41 Å². The molecule has 0 unspecified atom stereocenters. The standard InChI is InChI=1S/C16H29N3/c1-6-8-9-10-11-15(16(18)14(5)17)19(7-2)12-13(3)4/h6-8,13,17H,2,9-12,18H2,1,3-5H3/b8-6+,16-15-,17-14?. The van der Waals surface area contributed by atoms with E-state index < -0.39 is 0 Å². The Morgan fingerprint density at radius 2 is 2.05 bits per heavy atom. The molecule has 0 spiro atoms. The predicted molar refractivity (Wildman–Crippen MR) is 85.0 cm³/mol. The second kappa shape index (κ2) is 9.42. The number of allylic oxidation sites excluding steroid dienone is 4. The largest absolute Gasteiger partial charge is 0.396 e. The summed E-state index contributed by atoms with van der Waals surface area (Å²) in [5.74, 6) is 0.530. The summed E-state index contributed by atoms with van der Waals surface area (Å²) in [5, 5.41) is 7.74. The first-order valence-electron chi connectivity index (χ1n) is 6.98. The van der Waals surface area contributed by atoms with Crippen LogP contribution in [-0.4, -0.2) is 17.2 Å². The molecule has 0 amide bonds. The zero-order valence-corrected chi connectivity index (χ0v) is 12.9. The van der Waals surface area contributed by atoms with Crippen LogP contribution in [0.3, 0.4) is 0 Å². The van der Waals surface area contributed by atoms with Gasteiger partial charge in [-0.15, -0.1) is 0 Å². The van der Waals surface area contributed by atoms with Crippen molar-refractivity contribution < 1.29 is 0 Å². The van der Waals surface area contributed by atoms with Crippen molar-refractivity contribution in [2.75, 3.05) is 6.54 Å². The summed E-state index contributed by atoms with van der Waals surface area (Å²) in [7, 11) is 0. The molecule has 0 aromatic carbocycles. The Kier molecular flexibility index (Phi) is 8.68. The Bertz CT molecular complexity index is 351. The van der Waals surface area contributed by atoms with Crippen LogP contribution in [0.25, 0.3) is 0 Å². The van der Waals surface area contributed by atoms with E-state index in [1.54, 1.807) is 6.92 Å². The molecule has 0 aromatic heterocycles. The van der Waals surface area contributed by atoms with Gasteiger partial charge in [0.1, 0.15) is 0 Å². The lowest BCUT2D eigenvalue weighted by Gasteiger charge is -2.27. The maximum absolute atomic E-state index is 7.74. The second-order valence-corrected chi connectivity index (χ2v) is 5.18. The summed E-state index contributed by atoms with van der Waals surface area (Å²) in [6, 6.07) is 0. The molecule has 0 bridgehead atoms. The second-order valence-electron chi connectivity index (χ2n) is 5.18. The molecule has 0 saturated heterocycles. The topological polar surface area (TPSA) is 53.1 Å². The van der Waals surface area contributed by atoms with Gasteiger partial charge in [0.25, 0.3) is 0 Å². The first-order chi connectivity index (χ1) is 8.93. The van der Waals surface area contributed by atoms with Gasteiger partial charge in [0.15, 0.2) is 0 Å². The van der Waals surface area contributed by atoms with Crippen LogP contribution in [0.1, 0.15) is 47.0 Å². The number of nitrogens with one attached hydrogen (secondary N) is 1. The van der Waals surface area contributed by atoms with Crippen LogP contribution in [0.15, 0.2) is 36.3 Å². The van der Waals surface area contributed by atoms with Crippen LogP contribution >= 0.6 is 0 Å². The Labute approximate surface area is 118 Å². The van der Waals surface area contributed by atoms with Crippen molar-refractivity contribution in [3.05, 3.63) is 36.3 Å². The Balaban J connectivity index is 4.98. The van der Waals surface area contributed by atoms with Gasteiger partial charge in [0, 0.05) is 12.2 Å². The van der Waals surface area contributed by atoms with Gasteiger partial charge in [-0.2, -0.15) is 0 Å². The molecule has 3 heteroatoms. The fourth-order valence-corrected chi connectivity index (χ4v) is 1.89. The van der Waals surface area contributed by atoms with Gasteiger partial charge >= 0.3 is 0 Å². The zero-order valence-electron chi connectivity index (χ0n) is 12.9. The minimum atomic E-state index is 0.427. The molecule has 0 saturated carbocycles. The third kappa shape index (κ3) is 6.85. The van der Waals surface area contributed by atoms with Gasteiger partial charge in [0.2, 0.25) is 0 Å². The molecule has 0 aliphatic rings. The summed E-state index contributed by atoms with van der Waals surface area (Å²) in [4.78, 5) is 2.09. The third-order valence-corrected chi connectivity index (χ3v) is 2.86. The van der Waals surface area contributed by atoms with Crippen molar-refractivity contribution in [3.8, 4) is 0 Å². The van der Waals surface area contributed by atoms with E-state index in [1.807, 2.05) is 13.1 Å². The highest BCUT2D eigenvalue weighted by molar-refractivity contribution is 5.95. The molecule has 0 atom stereocenters. The van der Waals surface area contributed by atoms with E-state index in [9.17, 15) is 0 Å². The van der Waals surface area contributed by atoms with E-state index in [2.05, 4.69) is 37.5 Å². The number of nitrogens with two attached hydrogens (primary N) is 1. The zero-order chi connectivity index (χ0) is 14.8. The number of hydrogen-bond donors (Lipinski definition) is 2. The quantitative estimate of drug-likeness (QED) is 0.375. The maximum atomic E-state index is 7.74. The fourth-order valence-electron chi connectivity index (χ4n) is 1.89. The Morgan fingerprint density at radius 3 is 2.47 bits per heavy atom. The van der Waals surface area contributed by atoms with Crippen molar-refractivity contribution in [1.82, 2.24) is 4.90 Å². The van der Waals surface area contributed by atoms with Gasteiger partial charge in [-0.3, -0.25) is 0 Å². The summed E-state index contributed by atoms with van der Waals surface area (Å²) < 4.78 is 0. The van der Waals surface area contributed by atoms with Gasteiger partial charge in [-0.25, -0.2) is 0 Å². The SMILES string of the molecule is C=CN(CC(C)C)/C(CCC/C=C/C)=C(\N)C(C)=N. The number of nitrogens with zero attached hydrogens (tertiary/aromatic N) is 1. The van der Waals surface area contributed by atoms with Crippen molar-refractivity contribution in [2.45, 2.75) is 47.0 Å². The maximum Gasteiger partial charge on any atom is 0.0720 e. The Morgan fingerprint density at radius 1 is 1.42 bits per heavy atom. The molecule has 0 rings (SSSR count). The van der Waals surface area contributed by atoms with Gasteiger partial charge in [-0.05, 0) is 45.2 Å². The average molecular weight is 263 g/mol. The highest BCUT2D eigenvalue weighted by atomic mass is 15.1. The van der Waals surface area contributed by atoms with E-state index in [0.717, 1.165) is 31.5 Å². The minimum Gasteiger partial charge on any atom is -0.396 e. The van der Waals surface area contributed by atoms with Gasteiger partial charge in [-0.1, -0.05) is 32.6 Å². The van der Waals surface area contributed by atoms with E-state index in [4.69, 9.17) is 11.1 Å². The molecule has 0 fully saturated rings. The van der Waals surface area contributed by atoms with Crippen LogP contribution in [0.4, 0.5) is 0 Å². The molecule has 108 valence electrons. The minimum absolute atomic E-state index is 0.427. The first-order valence-corrected chi connectivity index (χ1v) is 6.98. The molecule has 19 heavy (non-hydrogen) atoms. The molecule has 0 heterocycles. The Hall–Kier alpha value is -1.51. The van der Waals surface area contributed by atoms with Crippen LogP contribution in [-0.2, 0) is 0 Å². The number of rotatable bonds is 9. The third-order valence-electron chi connectivity index (χ3n) is 2.86. The van der Waals surface area contributed by atoms with Gasteiger partial charge in [0.05, 0.1) is 11.4 Å². The molecule has 0 aliphatic heterocycles. The molecular weight excluding hydrogens is 234 g/mol. The fraction of sp³-hybridized carbons (Fsp3) is 0.562. The summed E-state index contributed by atoms with van der Waals surface area (Å²) in [5.41, 5.74) is 8.12. The number of unbranched alkanes of at least 4 members (excludes halogenated alkanes) is 1. The van der Waals surface area contributed by atoms with E-state index in [0.29, 0.717) is 17.3 Å². The summed E-state index contributed by atoms with van der Waals surface area (Å²) in [6.45, 7) is 12.9. The van der Waals surface area contributed by atoms with Gasteiger partial charge < -0.3 is 16.0 Å². The van der Waals surface area contributed by atoms with Crippen molar-refractivity contribution in [3.63, 3.8) is 0 Å². The summed E-state index contributed by atoms with van der Waals surface area (Å²) in [6.07, 6.45) is 9.00. The smallest absolute Gasteiger partial charge is 0.0720 e. The average Bonchev–Trinajstić information content (AvgIpc) is 2.35. The molecule has 0 aromatic rings. The van der Waals surface area contributed by atoms with Crippen LogP contribution < -0.4 is 5.73 Å². The van der Waals surface area contributed by atoms with Crippen LogP contribution in [0.5, 0.6) is 0 Å². The molecule has 3 nitrogen and oxygen atoms in total. The van der Waals surface area contributed by atoms with Crippen LogP contribution in [0, 0.1) is 11.3 Å². The highest BCUT2D eigenvalue weighted by Gasteiger charge is 2.13. The van der Waals surface area contributed by atoms with E-state index >= 15 is 0 Å². The van der Waals surface area contributed by atoms with Crippen molar-refractivity contribution >= 4 is 5.71 Å². The lowest BCUT2D eigenvalue weighted by atomic mass is 10.1. The predicted octanol–water partition coefficient (Wildman–Crippen LogP) is 4.04. The lowest BCUT2D eigenvalue weighted by molar-refractivity contribution is 0.380. The lowest BCUT2D eigenvalue weighted by Crippen LogP contribution is -2.26. The van der Waals surface area contributed by atoms with E-state index in [-0.39, 0.29) is 0 Å². The van der Waals surface area contributed by atoms with E-state index in [1.165, 1.54) is 0 Å². The van der Waals surface area contributed by atoms with Crippen LogP contribution in [0.2, 0.25) is 0 Å². The molecular formula is C16H29N3. The van der Waals surface area contributed by atoms with Crippen molar-refractivity contribution in [2.24, 2.45) is 11.7 Å². The molecule has 0 radical (unpaired) electrons. The number of hydrogen-bond acceptors (Lipinski definition) is 3. The molecule has 0 aliphatic carbocycles. The highest BCUT2D eigenvalue weighted by Crippen LogP contribution is 2.18. The summed E-state index contributed by atoms with van der Waals surface area (Å²) >= 11 is 0. The molecule has 3 N–H and O–H groups in total. The monoisotopic (exact) mass is 263 g/mol.